The molecule has 6 heteroatoms. The molecule has 0 aliphatic carbocycles. The zero-order valence-electron chi connectivity index (χ0n) is 10.1. The molecule has 0 aliphatic rings. The van der Waals surface area contributed by atoms with E-state index in [1.807, 2.05) is 0 Å². The van der Waals surface area contributed by atoms with Gasteiger partial charge >= 0.3 is 0 Å². The standard InChI is InChI=1S/C11H18N2O3S/c1-13(11-7-4-3-6-10(11)12)17(14,15)9-5-8-16-2/h3-4,6-7H,5,8-9,12H2,1-2H3. The Labute approximate surface area is 102 Å². The first-order chi connectivity index (χ1) is 7.99. The molecule has 1 aromatic rings. The molecule has 17 heavy (non-hydrogen) atoms. The zero-order chi connectivity index (χ0) is 12.9. The van der Waals surface area contributed by atoms with Gasteiger partial charge in [-0.2, -0.15) is 0 Å². The smallest absolute Gasteiger partial charge is 0.235 e. The van der Waals surface area contributed by atoms with Gasteiger partial charge < -0.3 is 10.5 Å². The Balaban J connectivity index is 2.82. The van der Waals surface area contributed by atoms with Crippen molar-refractivity contribution in [3.63, 3.8) is 0 Å². The molecule has 0 fully saturated rings. The first kappa shape index (κ1) is 13.8. The molecular formula is C11H18N2O3S. The van der Waals surface area contributed by atoms with Gasteiger partial charge in [-0.1, -0.05) is 12.1 Å². The molecular weight excluding hydrogens is 240 g/mol. The number of nitrogen functional groups attached to an aromatic ring is 1. The number of hydrogen-bond acceptors (Lipinski definition) is 4. The normalized spacial score (nSPS) is 11.4. The highest BCUT2D eigenvalue weighted by molar-refractivity contribution is 7.92. The van der Waals surface area contributed by atoms with Gasteiger partial charge in [0.15, 0.2) is 0 Å². The molecule has 0 radical (unpaired) electrons. The third-order valence-corrected chi connectivity index (χ3v) is 4.28. The Morgan fingerprint density at radius 3 is 2.59 bits per heavy atom. The van der Waals surface area contributed by atoms with Crippen LogP contribution >= 0.6 is 0 Å². The molecule has 1 aromatic carbocycles. The number of rotatable bonds is 6. The van der Waals surface area contributed by atoms with Crippen LogP contribution in [0.25, 0.3) is 0 Å². The predicted molar refractivity (Wildman–Crippen MR) is 69.5 cm³/mol. The number of sulfonamides is 1. The van der Waals surface area contributed by atoms with Crippen LogP contribution in [0, 0.1) is 0 Å². The van der Waals surface area contributed by atoms with Crippen LogP contribution in [0.4, 0.5) is 11.4 Å². The van der Waals surface area contributed by atoms with Crippen LogP contribution in [-0.4, -0.2) is 34.9 Å². The zero-order valence-corrected chi connectivity index (χ0v) is 10.9. The molecule has 96 valence electrons. The molecule has 1 rings (SSSR count). The van der Waals surface area contributed by atoms with Crippen molar-refractivity contribution in [1.29, 1.82) is 0 Å². The van der Waals surface area contributed by atoms with Gasteiger partial charge in [0.2, 0.25) is 10.0 Å². The number of benzene rings is 1. The summed E-state index contributed by atoms with van der Waals surface area (Å²) in [5.74, 6) is 0.0473. The topological polar surface area (TPSA) is 72.6 Å². The summed E-state index contributed by atoms with van der Waals surface area (Å²) < 4.78 is 30.0. The van der Waals surface area contributed by atoms with Gasteiger partial charge in [0.05, 0.1) is 17.1 Å². The highest BCUT2D eigenvalue weighted by Crippen LogP contribution is 2.23. The fraction of sp³-hybridized carbons (Fsp3) is 0.455. The number of para-hydroxylation sites is 2. The Hall–Kier alpha value is -1.27. The summed E-state index contributed by atoms with van der Waals surface area (Å²) >= 11 is 0. The SMILES string of the molecule is COCCCS(=O)(=O)N(C)c1ccccc1N. The molecule has 5 nitrogen and oxygen atoms in total. The third kappa shape index (κ3) is 3.61. The second kappa shape index (κ2) is 5.88. The highest BCUT2D eigenvalue weighted by atomic mass is 32.2. The molecule has 0 spiro atoms. The van der Waals surface area contributed by atoms with Crippen LogP contribution in [0.3, 0.4) is 0 Å². The van der Waals surface area contributed by atoms with Crippen molar-refractivity contribution in [2.24, 2.45) is 0 Å². The summed E-state index contributed by atoms with van der Waals surface area (Å²) in [6.45, 7) is 0.428. The van der Waals surface area contributed by atoms with Gasteiger partial charge in [-0.15, -0.1) is 0 Å². The second-order valence-corrected chi connectivity index (χ2v) is 5.81. The van der Waals surface area contributed by atoms with E-state index in [0.29, 0.717) is 24.4 Å². The van der Waals surface area contributed by atoms with Crippen LogP contribution in [-0.2, 0) is 14.8 Å². The number of methoxy groups -OCH3 is 1. The van der Waals surface area contributed by atoms with Crippen molar-refractivity contribution in [2.75, 3.05) is 36.6 Å². The van der Waals surface area contributed by atoms with Crippen LogP contribution in [0.15, 0.2) is 24.3 Å². The number of hydrogen-bond donors (Lipinski definition) is 1. The Morgan fingerprint density at radius 2 is 2.00 bits per heavy atom. The van der Waals surface area contributed by atoms with E-state index in [9.17, 15) is 8.42 Å². The molecule has 0 amide bonds. The van der Waals surface area contributed by atoms with Gasteiger partial charge in [-0.25, -0.2) is 8.42 Å². The molecule has 0 aromatic heterocycles. The van der Waals surface area contributed by atoms with E-state index in [-0.39, 0.29) is 5.75 Å². The van der Waals surface area contributed by atoms with E-state index in [4.69, 9.17) is 10.5 Å². The summed E-state index contributed by atoms with van der Waals surface area (Å²) in [6.07, 6.45) is 0.468. The molecule has 0 unspecified atom stereocenters. The highest BCUT2D eigenvalue weighted by Gasteiger charge is 2.19. The van der Waals surface area contributed by atoms with Crippen LogP contribution < -0.4 is 10.0 Å². The lowest BCUT2D eigenvalue weighted by Crippen LogP contribution is -2.30. The molecule has 2 N–H and O–H groups in total. The lowest BCUT2D eigenvalue weighted by atomic mass is 10.3. The lowest BCUT2D eigenvalue weighted by molar-refractivity contribution is 0.199. The summed E-state index contributed by atoms with van der Waals surface area (Å²) in [7, 11) is -0.280. The Bertz CT molecular complexity index is 460. The van der Waals surface area contributed by atoms with Crippen molar-refractivity contribution in [3.05, 3.63) is 24.3 Å². The number of nitrogens with zero attached hydrogens (tertiary/aromatic N) is 1. The number of nitrogens with two attached hydrogens (primary N) is 1. The molecule has 0 heterocycles. The monoisotopic (exact) mass is 258 g/mol. The molecule has 0 saturated heterocycles. The van der Waals surface area contributed by atoms with E-state index in [0.717, 1.165) is 0 Å². The summed E-state index contributed by atoms with van der Waals surface area (Å²) in [5, 5.41) is 0. The van der Waals surface area contributed by atoms with Crippen LogP contribution in [0.5, 0.6) is 0 Å². The van der Waals surface area contributed by atoms with Crippen molar-refractivity contribution in [1.82, 2.24) is 0 Å². The molecule has 0 atom stereocenters. The van der Waals surface area contributed by atoms with E-state index in [1.165, 1.54) is 11.4 Å². The van der Waals surface area contributed by atoms with E-state index < -0.39 is 10.0 Å². The molecule has 0 bridgehead atoms. The second-order valence-electron chi connectivity index (χ2n) is 3.69. The van der Waals surface area contributed by atoms with Crippen molar-refractivity contribution < 1.29 is 13.2 Å². The Morgan fingerprint density at radius 1 is 1.35 bits per heavy atom. The van der Waals surface area contributed by atoms with E-state index in [1.54, 1.807) is 31.4 Å². The summed E-state index contributed by atoms with van der Waals surface area (Å²) in [6, 6.07) is 6.89. The maximum Gasteiger partial charge on any atom is 0.235 e. The van der Waals surface area contributed by atoms with E-state index >= 15 is 0 Å². The number of ether oxygens (including phenoxy) is 1. The minimum atomic E-state index is -3.33. The molecule has 0 saturated carbocycles. The van der Waals surface area contributed by atoms with Crippen molar-refractivity contribution in [3.8, 4) is 0 Å². The maximum atomic E-state index is 12.0. The molecule has 0 aliphatic heterocycles. The van der Waals surface area contributed by atoms with Gasteiger partial charge in [-0.05, 0) is 18.6 Å². The Kier molecular flexibility index (Phi) is 4.77. The average Bonchev–Trinajstić information content (AvgIpc) is 2.29. The van der Waals surface area contributed by atoms with E-state index in [2.05, 4.69) is 0 Å². The first-order valence-corrected chi connectivity index (χ1v) is 6.90. The van der Waals surface area contributed by atoms with Crippen LogP contribution in [0.2, 0.25) is 0 Å². The van der Waals surface area contributed by atoms with Gasteiger partial charge in [0.25, 0.3) is 0 Å². The fourth-order valence-corrected chi connectivity index (χ4v) is 2.67. The summed E-state index contributed by atoms with van der Waals surface area (Å²) in [4.78, 5) is 0. The fourth-order valence-electron chi connectivity index (χ4n) is 1.45. The summed E-state index contributed by atoms with van der Waals surface area (Å²) in [5.41, 5.74) is 6.70. The third-order valence-electron chi connectivity index (χ3n) is 2.44. The average molecular weight is 258 g/mol. The lowest BCUT2D eigenvalue weighted by Gasteiger charge is -2.20. The van der Waals surface area contributed by atoms with Gasteiger partial charge in [-0.3, -0.25) is 4.31 Å². The largest absolute Gasteiger partial charge is 0.397 e. The van der Waals surface area contributed by atoms with Crippen LogP contribution in [0.1, 0.15) is 6.42 Å². The number of anilines is 2. The first-order valence-electron chi connectivity index (χ1n) is 5.29. The minimum absolute atomic E-state index is 0.0473. The maximum absolute atomic E-state index is 12.0. The van der Waals surface area contributed by atoms with Gasteiger partial charge in [0.1, 0.15) is 0 Å². The van der Waals surface area contributed by atoms with Crippen molar-refractivity contribution in [2.45, 2.75) is 6.42 Å². The minimum Gasteiger partial charge on any atom is -0.397 e. The van der Waals surface area contributed by atoms with Gasteiger partial charge in [0, 0.05) is 20.8 Å². The van der Waals surface area contributed by atoms with Crippen molar-refractivity contribution >= 4 is 21.4 Å². The predicted octanol–water partition coefficient (Wildman–Crippen LogP) is 1.07. The quantitative estimate of drug-likeness (QED) is 0.612.